The first-order valence-electron chi connectivity index (χ1n) is 4.79. The maximum absolute atomic E-state index is 11.4. The molecule has 0 spiro atoms. The minimum Gasteiger partial charge on any atom is -0.383 e. The predicted molar refractivity (Wildman–Crippen MR) is 66.0 cm³/mol. The zero-order chi connectivity index (χ0) is 13.2. The van der Waals surface area contributed by atoms with Crippen molar-refractivity contribution in [3.05, 3.63) is 10.9 Å². The Hall–Kier alpha value is -1.03. The molecule has 0 unspecified atom stereocenters. The van der Waals surface area contributed by atoms with E-state index in [0.717, 1.165) is 0 Å². The van der Waals surface area contributed by atoms with Crippen molar-refractivity contribution in [1.29, 1.82) is 0 Å². The van der Waals surface area contributed by atoms with Crippen LogP contribution in [0.1, 0.15) is 0 Å². The van der Waals surface area contributed by atoms with Gasteiger partial charge in [-0.05, 0) is 0 Å². The Morgan fingerprint density at radius 3 is 2.83 bits per heavy atom. The normalized spacial score (nSPS) is 11.9. The summed E-state index contributed by atoms with van der Waals surface area (Å²) in [5, 5.41) is 8.86. The maximum Gasteiger partial charge on any atom is 0.296 e. The lowest BCUT2D eigenvalue weighted by atomic mass is 10.4. The molecule has 2 aromatic heterocycles. The van der Waals surface area contributed by atoms with Gasteiger partial charge in [-0.2, -0.15) is 0 Å². The van der Waals surface area contributed by atoms with Gasteiger partial charge in [0.2, 0.25) is 0 Å². The highest BCUT2D eigenvalue weighted by Crippen LogP contribution is 2.22. The van der Waals surface area contributed by atoms with E-state index in [9.17, 15) is 8.42 Å². The number of halogens is 1. The summed E-state index contributed by atoms with van der Waals surface area (Å²) in [5.41, 5.74) is 2.18. The van der Waals surface area contributed by atoms with Crippen molar-refractivity contribution < 1.29 is 13.2 Å². The van der Waals surface area contributed by atoms with Crippen molar-refractivity contribution >= 4 is 31.1 Å². The average Bonchev–Trinajstić information content (AvgIpc) is 2.93. The average molecular weight is 309 g/mol. The summed E-state index contributed by atoms with van der Waals surface area (Å²) in [6.07, 6.45) is 0. The molecule has 0 atom stereocenters. The van der Waals surface area contributed by atoms with Gasteiger partial charge in [-0.15, -0.1) is 21.5 Å². The molecule has 0 aliphatic carbocycles. The van der Waals surface area contributed by atoms with Crippen LogP contribution < -0.4 is 0 Å². The molecule has 0 aromatic carbocycles. The minimum atomic E-state index is -3.95. The summed E-state index contributed by atoms with van der Waals surface area (Å²) in [4.78, 5) is 4.07. The van der Waals surface area contributed by atoms with E-state index in [1.165, 1.54) is 23.0 Å². The third-order valence-corrected chi connectivity index (χ3v) is 3.85. The topological polar surface area (TPSA) is 87.0 Å². The van der Waals surface area contributed by atoms with Gasteiger partial charge in [-0.3, -0.25) is 4.57 Å². The number of ether oxygens (including phenoxy) is 1. The molecular formula is C8H9ClN4O3S2. The molecule has 10 heteroatoms. The second-order valence-electron chi connectivity index (χ2n) is 3.26. The van der Waals surface area contributed by atoms with Crippen molar-refractivity contribution in [1.82, 2.24) is 19.7 Å². The summed E-state index contributed by atoms with van der Waals surface area (Å²) < 4.78 is 29.1. The molecule has 0 fully saturated rings. The van der Waals surface area contributed by atoms with E-state index in [2.05, 4.69) is 15.2 Å². The van der Waals surface area contributed by atoms with Crippen molar-refractivity contribution in [2.45, 2.75) is 11.7 Å². The fourth-order valence-corrected chi connectivity index (χ4v) is 2.82. The van der Waals surface area contributed by atoms with Gasteiger partial charge < -0.3 is 4.74 Å². The maximum atomic E-state index is 11.4. The lowest BCUT2D eigenvalue weighted by Gasteiger charge is -2.06. The molecule has 18 heavy (non-hydrogen) atoms. The molecule has 0 saturated carbocycles. The van der Waals surface area contributed by atoms with Crippen molar-refractivity contribution in [2.24, 2.45) is 0 Å². The van der Waals surface area contributed by atoms with Gasteiger partial charge in [0.05, 0.1) is 18.7 Å². The van der Waals surface area contributed by atoms with Gasteiger partial charge >= 0.3 is 0 Å². The molecule has 98 valence electrons. The SMILES string of the molecule is COCCn1c(-c2cscn2)nnc1S(=O)(=O)Cl. The van der Waals surface area contributed by atoms with E-state index in [1.54, 1.807) is 10.9 Å². The van der Waals surface area contributed by atoms with E-state index in [1.807, 2.05) is 0 Å². The highest BCUT2D eigenvalue weighted by molar-refractivity contribution is 8.13. The smallest absolute Gasteiger partial charge is 0.296 e. The monoisotopic (exact) mass is 308 g/mol. The molecule has 0 saturated heterocycles. The molecule has 7 nitrogen and oxygen atoms in total. The first-order chi connectivity index (χ1) is 8.54. The van der Waals surface area contributed by atoms with Gasteiger partial charge in [0.1, 0.15) is 5.69 Å². The Labute approximate surface area is 112 Å². The first-order valence-corrected chi connectivity index (χ1v) is 8.04. The van der Waals surface area contributed by atoms with Gasteiger partial charge in [-0.1, -0.05) is 0 Å². The molecule has 0 aliphatic heterocycles. The van der Waals surface area contributed by atoms with Gasteiger partial charge in [0, 0.05) is 23.2 Å². The van der Waals surface area contributed by atoms with Crippen LogP contribution in [0.4, 0.5) is 0 Å². The largest absolute Gasteiger partial charge is 0.383 e. The van der Waals surface area contributed by atoms with E-state index in [-0.39, 0.29) is 11.7 Å². The lowest BCUT2D eigenvalue weighted by molar-refractivity contribution is 0.185. The van der Waals surface area contributed by atoms with E-state index in [4.69, 9.17) is 15.4 Å². The van der Waals surface area contributed by atoms with Crippen LogP contribution in [-0.4, -0.2) is 41.9 Å². The summed E-state index contributed by atoms with van der Waals surface area (Å²) in [7, 11) is 2.87. The second kappa shape index (κ2) is 5.31. The fraction of sp³-hybridized carbons (Fsp3) is 0.375. The number of aromatic nitrogens is 4. The van der Waals surface area contributed by atoms with E-state index in [0.29, 0.717) is 18.1 Å². The van der Waals surface area contributed by atoms with Crippen LogP contribution >= 0.6 is 22.0 Å². The Balaban J connectivity index is 2.51. The minimum absolute atomic E-state index is 0.275. The van der Waals surface area contributed by atoms with Gasteiger partial charge in [-0.25, -0.2) is 13.4 Å². The molecule has 2 rings (SSSR count). The quantitative estimate of drug-likeness (QED) is 0.765. The first kappa shape index (κ1) is 13.4. The van der Waals surface area contributed by atoms with Gasteiger partial charge in [0.25, 0.3) is 14.2 Å². The highest BCUT2D eigenvalue weighted by atomic mass is 35.7. The third-order valence-electron chi connectivity index (χ3n) is 2.12. The van der Waals surface area contributed by atoms with Crippen molar-refractivity contribution in [3.8, 4) is 11.5 Å². The zero-order valence-electron chi connectivity index (χ0n) is 9.28. The van der Waals surface area contributed by atoms with Crippen molar-refractivity contribution in [2.75, 3.05) is 13.7 Å². The number of rotatable bonds is 5. The van der Waals surface area contributed by atoms with Crippen LogP contribution in [0.2, 0.25) is 0 Å². The van der Waals surface area contributed by atoms with E-state index < -0.39 is 9.05 Å². The van der Waals surface area contributed by atoms with Crippen LogP contribution in [0.25, 0.3) is 11.5 Å². The zero-order valence-corrected chi connectivity index (χ0v) is 11.7. The molecule has 0 bridgehead atoms. The predicted octanol–water partition coefficient (Wildman–Crippen LogP) is 0.976. The number of methoxy groups -OCH3 is 1. The number of hydrogen-bond donors (Lipinski definition) is 0. The summed E-state index contributed by atoms with van der Waals surface area (Å²) in [6, 6.07) is 0. The third kappa shape index (κ3) is 2.69. The highest BCUT2D eigenvalue weighted by Gasteiger charge is 2.23. The van der Waals surface area contributed by atoms with Crippen LogP contribution in [0.5, 0.6) is 0 Å². The Bertz CT molecular complexity index is 623. The molecule has 2 aromatic rings. The summed E-state index contributed by atoms with van der Waals surface area (Å²) >= 11 is 1.38. The van der Waals surface area contributed by atoms with E-state index >= 15 is 0 Å². The fourth-order valence-electron chi connectivity index (χ4n) is 1.37. The Morgan fingerprint density at radius 2 is 2.28 bits per heavy atom. The molecule has 0 N–H and O–H groups in total. The second-order valence-corrected chi connectivity index (χ2v) is 6.44. The lowest BCUT2D eigenvalue weighted by Crippen LogP contribution is -2.11. The summed E-state index contributed by atoms with van der Waals surface area (Å²) in [5.74, 6) is 0.354. The van der Waals surface area contributed by atoms with Crippen molar-refractivity contribution in [3.63, 3.8) is 0 Å². The number of thiazole rings is 1. The Kier molecular flexibility index (Phi) is 3.95. The molecule has 0 amide bonds. The number of hydrogen-bond acceptors (Lipinski definition) is 7. The molecular weight excluding hydrogens is 300 g/mol. The van der Waals surface area contributed by atoms with Gasteiger partial charge in [0.15, 0.2) is 5.82 Å². The summed E-state index contributed by atoms with van der Waals surface area (Å²) in [6.45, 7) is 0.590. The van der Waals surface area contributed by atoms with Crippen LogP contribution in [0.3, 0.4) is 0 Å². The van der Waals surface area contributed by atoms with Crippen LogP contribution in [0, 0.1) is 0 Å². The Morgan fingerprint density at radius 1 is 1.50 bits per heavy atom. The molecule has 0 aliphatic rings. The molecule has 2 heterocycles. The number of nitrogens with zero attached hydrogens (tertiary/aromatic N) is 4. The van der Waals surface area contributed by atoms with Crippen LogP contribution in [-0.2, 0) is 20.3 Å². The standard InChI is InChI=1S/C8H9ClN4O3S2/c1-16-3-2-13-7(6-4-17-5-10-6)11-12-8(13)18(9,14)15/h4-5H,2-3H2,1H3. The van der Waals surface area contributed by atoms with Crippen LogP contribution in [0.15, 0.2) is 16.0 Å². The molecule has 0 radical (unpaired) electrons.